The highest BCUT2D eigenvalue weighted by atomic mass is 79.9. The maximum atomic E-state index is 13.0. The molecule has 0 aliphatic rings. The number of nitrogens with one attached hydrogen (secondary N) is 1. The first-order chi connectivity index (χ1) is 20.3. The van der Waals surface area contributed by atoms with E-state index in [0.29, 0.717) is 17.5 Å². The molecular formula is C34H28BrNO5S. The smallest absolute Gasteiger partial charge is 0.268 e. The van der Waals surface area contributed by atoms with Crippen LogP contribution in [-0.2, 0) is 27.8 Å². The van der Waals surface area contributed by atoms with Gasteiger partial charge in [0.1, 0.15) is 23.0 Å². The number of amides is 1. The van der Waals surface area contributed by atoms with Gasteiger partial charge in [-0.25, -0.2) is 13.1 Å². The van der Waals surface area contributed by atoms with Gasteiger partial charge in [-0.3, -0.25) is 4.79 Å². The molecule has 8 heteroatoms. The van der Waals surface area contributed by atoms with Crippen LogP contribution in [0.5, 0.6) is 11.5 Å². The first-order valence-electron chi connectivity index (χ1n) is 13.2. The average Bonchev–Trinajstić information content (AvgIpc) is 3.00. The van der Waals surface area contributed by atoms with Crippen molar-refractivity contribution >= 4 is 48.7 Å². The van der Waals surface area contributed by atoms with Gasteiger partial charge in [0, 0.05) is 10.5 Å². The van der Waals surface area contributed by atoms with E-state index < -0.39 is 15.9 Å². The van der Waals surface area contributed by atoms with Crippen LogP contribution >= 0.6 is 15.9 Å². The van der Waals surface area contributed by atoms with Crippen LogP contribution in [0, 0.1) is 0 Å². The lowest BCUT2D eigenvalue weighted by Crippen LogP contribution is -2.29. The maximum Gasteiger partial charge on any atom is 0.268 e. The Morgan fingerprint density at radius 1 is 0.833 bits per heavy atom. The van der Waals surface area contributed by atoms with Crippen LogP contribution < -0.4 is 14.2 Å². The Hall–Kier alpha value is -4.40. The molecule has 42 heavy (non-hydrogen) atoms. The summed E-state index contributed by atoms with van der Waals surface area (Å²) in [5, 5.41) is 2.30. The number of methoxy groups -OCH3 is 1. The molecule has 0 saturated carbocycles. The quantitative estimate of drug-likeness (QED) is 0.162. The number of ether oxygens (including phenoxy) is 2. The van der Waals surface area contributed by atoms with Gasteiger partial charge in [-0.05, 0) is 75.9 Å². The maximum absolute atomic E-state index is 13.0. The minimum atomic E-state index is -4.17. The molecule has 0 aliphatic carbocycles. The minimum Gasteiger partial charge on any atom is -0.495 e. The lowest BCUT2D eigenvalue weighted by molar-refractivity contribution is -0.114. The van der Waals surface area contributed by atoms with Crippen molar-refractivity contribution < 1.29 is 22.7 Å². The first kappa shape index (κ1) is 29.1. The molecule has 1 amide bonds. The van der Waals surface area contributed by atoms with Gasteiger partial charge in [-0.1, -0.05) is 94.8 Å². The average molecular weight is 643 g/mol. The molecule has 0 radical (unpaired) electrons. The zero-order valence-electron chi connectivity index (χ0n) is 22.8. The number of para-hydroxylation sites is 1. The lowest BCUT2D eigenvalue weighted by atomic mass is 9.96. The molecule has 1 N–H and O–H groups in total. The molecule has 0 fully saturated rings. The van der Waals surface area contributed by atoms with Gasteiger partial charge in [-0.2, -0.15) is 0 Å². The molecule has 0 unspecified atom stereocenters. The third kappa shape index (κ3) is 7.26. The number of fused-ring (bicyclic) bond motifs is 1. The van der Waals surface area contributed by atoms with Crippen LogP contribution in [0.2, 0.25) is 0 Å². The Morgan fingerprint density at radius 3 is 2.36 bits per heavy atom. The van der Waals surface area contributed by atoms with E-state index in [0.717, 1.165) is 38.8 Å². The Bertz CT molecular complexity index is 1870. The molecule has 0 saturated heterocycles. The lowest BCUT2D eigenvalue weighted by Gasteiger charge is -2.12. The molecule has 0 aliphatic heterocycles. The summed E-state index contributed by atoms with van der Waals surface area (Å²) in [6.45, 7) is 0.381. The Labute approximate surface area is 253 Å². The van der Waals surface area contributed by atoms with Crippen molar-refractivity contribution in [1.82, 2.24) is 4.72 Å². The molecule has 212 valence electrons. The second kappa shape index (κ2) is 13.1. The van der Waals surface area contributed by atoms with Gasteiger partial charge in [-0.15, -0.1) is 0 Å². The number of carbonyl (C=O) groups is 1. The molecular weight excluding hydrogens is 614 g/mol. The summed E-state index contributed by atoms with van der Waals surface area (Å²) in [4.78, 5) is 12.6. The molecule has 0 atom stereocenters. The molecule has 0 heterocycles. The summed E-state index contributed by atoms with van der Waals surface area (Å²) < 4.78 is 39.7. The minimum absolute atomic E-state index is 0.133. The zero-order valence-corrected chi connectivity index (χ0v) is 25.2. The van der Waals surface area contributed by atoms with Crippen LogP contribution in [0.15, 0.2) is 125 Å². The number of sulfonamides is 1. The van der Waals surface area contributed by atoms with Crippen molar-refractivity contribution in [2.75, 3.05) is 7.11 Å². The summed E-state index contributed by atoms with van der Waals surface area (Å²) in [5.74, 6) is 0.135. The van der Waals surface area contributed by atoms with E-state index in [1.165, 1.54) is 25.3 Å². The fraction of sp³-hybridized carbons (Fsp3) is 0.0882. The van der Waals surface area contributed by atoms with Crippen molar-refractivity contribution in [1.29, 1.82) is 0 Å². The van der Waals surface area contributed by atoms with Gasteiger partial charge in [0.05, 0.1) is 7.11 Å². The zero-order chi connectivity index (χ0) is 29.5. The summed E-state index contributed by atoms with van der Waals surface area (Å²) in [5.41, 5.74) is 3.85. The summed E-state index contributed by atoms with van der Waals surface area (Å²) in [6, 6.07) is 34.6. The standard InChI is InChI=1S/C34H28BrNO5S/c1-40-32-17-16-30(35)22-33(32)42(38,39)36-34(37)18-15-27-14-12-25(23-41-31-9-3-2-4-10-31)21-29(27)20-24-11-13-26-7-5-6-8-28(26)19-24/h2-19,21-22H,20,23H2,1H3,(H,36,37). The van der Waals surface area contributed by atoms with E-state index in [-0.39, 0.29) is 10.6 Å². The number of benzene rings is 5. The van der Waals surface area contributed by atoms with E-state index in [1.54, 1.807) is 12.1 Å². The van der Waals surface area contributed by atoms with Crippen molar-refractivity contribution in [2.24, 2.45) is 0 Å². The molecule has 5 aromatic rings. The van der Waals surface area contributed by atoms with E-state index in [4.69, 9.17) is 9.47 Å². The summed E-state index contributed by atoms with van der Waals surface area (Å²) in [6.07, 6.45) is 3.46. The van der Waals surface area contributed by atoms with Gasteiger partial charge in [0.2, 0.25) is 0 Å². The second-order valence-corrected chi connectivity index (χ2v) is 12.2. The number of hydrogen-bond acceptors (Lipinski definition) is 5. The summed E-state index contributed by atoms with van der Waals surface area (Å²) >= 11 is 3.27. The van der Waals surface area contributed by atoms with Crippen LogP contribution in [0.4, 0.5) is 0 Å². The highest BCUT2D eigenvalue weighted by Crippen LogP contribution is 2.27. The molecule has 0 aromatic heterocycles. The van der Waals surface area contributed by atoms with Crippen LogP contribution in [0.25, 0.3) is 16.8 Å². The van der Waals surface area contributed by atoms with E-state index in [9.17, 15) is 13.2 Å². The largest absolute Gasteiger partial charge is 0.495 e. The number of hydrogen-bond donors (Lipinski definition) is 1. The van der Waals surface area contributed by atoms with Crippen LogP contribution in [-0.4, -0.2) is 21.4 Å². The predicted octanol–water partition coefficient (Wildman–Crippen LogP) is 7.30. The number of halogens is 1. The first-order valence-corrected chi connectivity index (χ1v) is 15.4. The highest BCUT2D eigenvalue weighted by molar-refractivity contribution is 9.10. The number of rotatable bonds is 10. The fourth-order valence-corrected chi connectivity index (χ4v) is 6.22. The van der Waals surface area contributed by atoms with Crippen molar-refractivity contribution in [3.05, 3.63) is 142 Å². The van der Waals surface area contributed by atoms with Gasteiger partial charge in [0.25, 0.3) is 15.9 Å². The second-order valence-electron chi connectivity index (χ2n) is 9.59. The van der Waals surface area contributed by atoms with E-state index in [1.807, 2.05) is 54.6 Å². The predicted molar refractivity (Wildman–Crippen MR) is 169 cm³/mol. The highest BCUT2D eigenvalue weighted by Gasteiger charge is 2.21. The van der Waals surface area contributed by atoms with Gasteiger partial charge >= 0.3 is 0 Å². The van der Waals surface area contributed by atoms with E-state index in [2.05, 4.69) is 57.1 Å². The van der Waals surface area contributed by atoms with Crippen LogP contribution in [0.1, 0.15) is 22.3 Å². The molecule has 6 nitrogen and oxygen atoms in total. The third-order valence-electron chi connectivity index (χ3n) is 6.63. The Morgan fingerprint density at radius 2 is 1.57 bits per heavy atom. The molecule has 0 spiro atoms. The molecule has 0 bridgehead atoms. The molecule has 5 aromatic carbocycles. The normalized spacial score (nSPS) is 11.5. The van der Waals surface area contributed by atoms with E-state index >= 15 is 0 Å². The SMILES string of the molecule is COc1ccc(Br)cc1S(=O)(=O)NC(=O)C=Cc1ccc(COc2ccccc2)cc1Cc1ccc2ccccc2c1. The van der Waals surface area contributed by atoms with Crippen molar-refractivity contribution in [2.45, 2.75) is 17.9 Å². The Balaban J connectivity index is 1.40. The topological polar surface area (TPSA) is 81.7 Å². The van der Waals surface area contributed by atoms with Crippen molar-refractivity contribution in [3.63, 3.8) is 0 Å². The molecule has 5 rings (SSSR count). The van der Waals surface area contributed by atoms with Crippen LogP contribution in [0.3, 0.4) is 0 Å². The number of carbonyl (C=O) groups excluding carboxylic acids is 1. The van der Waals surface area contributed by atoms with Gasteiger partial charge in [0.15, 0.2) is 0 Å². The fourth-order valence-electron chi connectivity index (χ4n) is 4.56. The van der Waals surface area contributed by atoms with Crippen molar-refractivity contribution in [3.8, 4) is 11.5 Å². The third-order valence-corrected chi connectivity index (χ3v) is 8.49. The Kier molecular flexibility index (Phi) is 9.05. The summed E-state index contributed by atoms with van der Waals surface area (Å²) in [7, 11) is -2.80. The monoisotopic (exact) mass is 641 g/mol. The van der Waals surface area contributed by atoms with Gasteiger partial charge < -0.3 is 9.47 Å².